The first-order chi connectivity index (χ1) is 6.13. The van der Waals surface area contributed by atoms with Gasteiger partial charge in [0.1, 0.15) is 0 Å². The third-order valence-electron chi connectivity index (χ3n) is 0.406. The standard InChI is InChI=1S/C4H6N2O2S.H2O4S/c5-4(6)9-2-1-3(7)8;1-5(2,3)4/h1-2H,(H3,5,6)(H,7,8);(H2,1,2,3,4)/b2-1-;. The van der Waals surface area contributed by atoms with Crippen molar-refractivity contribution >= 4 is 33.3 Å². The van der Waals surface area contributed by atoms with Crippen LogP contribution in [-0.2, 0) is 15.2 Å². The van der Waals surface area contributed by atoms with Gasteiger partial charge < -0.3 is 10.8 Å². The molecule has 0 rings (SSSR count). The molecule has 0 fully saturated rings. The number of carboxylic acid groups (broad SMARTS) is 1. The van der Waals surface area contributed by atoms with E-state index in [0.717, 1.165) is 17.8 Å². The van der Waals surface area contributed by atoms with Crippen molar-refractivity contribution in [1.82, 2.24) is 0 Å². The van der Waals surface area contributed by atoms with Gasteiger partial charge >= 0.3 is 16.4 Å². The minimum absolute atomic E-state index is 0.118. The van der Waals surface area contributed by atoms with Crippen molar-refractivity contribution in [3.05, 3.63) is 11.5 Å². The van der Waals surface area contributed by atoms with E-state index in [1.54, 1.807) is 0 Å². The number of hydrogen-bond acceptors (Lipinski definition) is 5. The molecule has 0 bridgehead atoms. The molecule has 0 saturated carbocycles. The number of carboxylic acids is 1. The fourth-order valence-corrected chi connectivity index (χ4v) is 0.497. The first-order valence-electron chi connectivity index (χ1n) is 2.73. The van der Waals surface area contributed by atoms with Crippen molar-refractivity contribution in [2.75, 3.05) is 0 Å². The van der Waals surface area contributed by atoms with Crippen LogP contribution in [-0.4, -0.2) is 33.8 Å². The Morgan fingerprint density at radius 2 is 1.79 bits per heavy atom. The van der Waals surface area contributed by atoms with Crippen LogP contribution in [0.2, 0.25) is 0 Å². The van der Waals surface area contributed by atoms with E-state index in [4.69, 9.17) is 33.8 Å². The van der Waals surface area contributed by atoms with Crippen molar-refractivity contribution in [2.24, 2.45) is 5.73 Å². The number of carbonyl (C=O) groups is 1. The molecular formula is C4H8N2O6S2. The molecule has 8 nitrogen and oxygen atoms in total. The van der Waals surface area contributed by atoms with E-state index in [1.807, 2.05) is 0 Å². The second-order valence-electron chi connectivity index (χ2n) is 1.57. The molecule has 0 atom stereocenters. The molecule has 0 aromatic heterocycles. The third-order valence-corrected chi connectivity index (χ3v) is 0.932. The van der Waals surface area contributed by atoms with Gasteiger partial charge in [-0.05, 0) is 5.41 Å². The first-order valence-corrected chi connectivity index (χ1v) is 5.00. The van der Waals surface area contributed by atoms with Gasteiger partial charge in [0.15, 0.2) is 5.17 Å². The van der Waals surface area contributed by atoms with E-state index in [-0.39, 0.29) is 5.17 Å². The van der Waals surface area contributed by atoms with Crippen molar-refractivity contribution in [1.29, 1.82) is 5.41 Å². The number of nitrogens with two attached hydrogens (primary N) is 1. The molecule has 0 amide bonds. The molecule has 0 aliphatic rings. The Balaban J connectivity index is 0. The maximum Gasteiger partial charge on any atom is 0.394 e. The molecule has 0 unspecified atom stereocenters. The average molecular weight is 244 g/mol. The Bertz CT molecular complexity index is 313. The van der Waals surface area contributed by atoms with E-state index in [9.17, 15) is 4.79 Å². The highest BCUT2D eigenvalue weighted by Crippen LogP contribution is 1.97. The van der Waals surface area contributed by atoms with E-state index in [2.05, 4.69) is 0 Å². The van der Waals surface area contributed by atoms with Crippen LogP contribution in [0.15, 0.2) is 11.5 Å². The quantitative estimate of drug-likeness (QED) is 0.189. The summed E-state index contributed by atoms with van der Waals surface area (Å²) in [6.07, 6.45) is 0.923. The molecule has 0 spiro atoms. The van der Waals surface area contributed by atoms with Crippen molar-refractivity contribution < 1.29 is 27.4 Å². The van der Waals surface area contributed by atoms with Crippen LogP contribution in [0.5, 0.6) is 0 Å². The molecule has 0 aliphatic carbocycles. The Morgan fingerprint density at radius 3 is 2.00 bits per heavy atom. The van der Waals surface area contributed by atoms with Gasteiger partial charge in [-0.15, -0.1) is 0 Å². The molecule has 0 aromatic carbocycles. The predicted molar refractivity (Wildman–Crippen MR) is 50.5 cm³/mol. The summed E-state index contributed by atoms with van der Waals surface area (Å²) in [6.45, 7) is 0. The summed E-state index contributed by atoms with van der Waals surface area (Å²) in [5, 5.41) is 15.8. The highest BCUT2D eigenvalue weighted by Gasteiger charge is 1.86. The van der Waals surface area contributed by atoms with Crippen molar-refractivity contribution in [3.8, 4) is 0 Å². The first kappa shape index (κ1) is 15.4. The van der Waals surface area contributed by atoms with Gasteiger partial charge in [0, 0.05) is 6.08 Å². The minimum atomic E-state index is -4.67. The summed E-state index contributed by atoms with van der Waals surface area (Å²) < 4.78 is 31.6. The zero-order chi connectivity index (χ0) is 11.8. The monoisotopic (exact) mass is 244 g/mol. The molecule has 0 aromatic rings. The Morgan fingerprint density at radius 1 is 1.43 bits per heavy atom. The van der Waals surface area contributed by atoms with Gasteiger partial charge in [0.2, 0.25) is 0 Å². The zero-order valence-electron chi connectivity index (χ0n) is 6.61. The van der Waals surface area contributed by atoms with Gasteiger partial charge in [-0.25, -0.2) is 4.79 Å². The normalized spacial score (nSPS) is 10.4. The van der Waals surface area contributed by atoms with E-state index < -0.39 is 16.4 Å². The smallest absolute Gasteiger partial charge is 0.394 e. The third kappa shape index (κ3) is 44.5. The fraction of sp³-hybridized carbons (Fsp3) is 0. The molecule has 10 heteroatoms. The Labute approximate surface area is 83.9 Å². The maximum atomic E-state index is 9.77. The lowest BCUT2D eigenvalue weighted by atomic mass is 10.7. The number of rotatable bonds is 2. The summed E-state index contributed by atoms with van der Waals surface area (Å²) >= 11 is 0.859. The molecule has 6 N–H and O–H groups in total. The van der Waals surface area contributed by atoms with Crippen LogP contribution in [0.1, 0.15) is 0 Å². The highest BCUT2D eigenvalue weighted by molar-refractivity contribution is 8.16. The summed E-state index contributed by atoms with van der Waals surface area (Å²) in [4.78, 5) is 9.77. The molecule has 14 heavy (non-hydrogen) atoms. The lowest BCUT2D eigenvalue weighted by Crippen LogP contribution is -2.01. The summed E-state index contributed by atoms with van der Waals surface area (Å²) in [7, 11) is -4.67. The van der Waals surface area contributed by atoms with E-state index >= 15 is 0 Å². The van der Waals surface area contributed by atoms with Crippen LogP contribution < -0.4 is 5.73 Å². The van der Waals surface area contributed by atoms with Gasteiger partial charge in [-0.1, -0.05) is 11.8 Å². The number of amidine groups is 1. The highest BCUT2D eigenvalue weighted by atomic mass is 32.3. The van der Waals surface area contributed by atoms with Crippen LogP contribution >= 0.6 is 11.8 Å². The Hall–Kier alpha value is -1.10. The lowest BCUT2D eigenvalue weighted by Gasteiger charge is -1.84. The van der Waals surface area contributed by atoms with E-state index in [1.165, 1.54) is 5.41 Å². The topological polar surface area (TPSA) is 162 Å². The average Bonchev–Trinajstić information content (AvgIpc) is 1.80. The largest absolute Gasteiger partial charge is 0.478 e. The van der Waals surface area contributed by atoms with Crippen LogP contribution in [0.4, 0.5) is 0 Å². The molecule has 0 saturated heterocycles. The van der Waals surface area contributed by atoms with Crippen LogP contribution in [0, 0.1) is 5.41 Å². The van der Waals surface area contributed by atoms with Crippen LogP contribution in [0.3, 0.4) is 0 Å². The number of aliphatic carboxylic acids is 1. The fourth-order valence-electron chi connectivity index (χ4n) is 0.166. The van der Waals surface area contributed by atoms with Gasteiger partial charge in [0.25, 0.3) is 0 Å². The second-order valence-corrected chi connectivity index (χ2v) is 3.41. The number of thioether (sulfide) groups is 1. The van der Waals surface area contributed by atoms with E-state index in [0.29, 0.717) is 0 Å². The van der Waals surface area contributed by atoms with Gasteiger partial charge in [-0.3, -0.25) is 14.5 Å². The summed E-state index contributed by atoms with van der Waals surface area (Å²) in [6, 6.07) is 0. The number of hydrogen-bond donors (Lipinski definition) is 5. The predicted octanol–water partition coefficient (Wildman–Crippen LogP) is -0.441. The second kappa shape index (κ2) is 7.32. The minimum Gasteiger partial charge on any atom is -0.478 e. The molecule has 0 radical (unpaired) electrons. The van der Waals surface area contributed by atoms with Crippen LogP contribution in [0.25, 0.3) is 0 Å². The molecule has 0 aliphatic heterocycles. The Kier molecular flexibility index (Phi) is 8.04. The van der Waals surface area contributed by atoms with Gasteiger partial charge in [0.05, 0.1) is 0 Å². The zero-order valence-corrected chi connectivity index (χ0v) is 8.25. The lowest BCUT2D eigenvalue weighted by molar-refractivity contribution is -0.131. The van der Waals surface area contributed by atoms with Gasteiger partial charge in [-0.2, -0.15) is 8.42 Å². The number of nitrogens with one attached hydrogen (secondary N) is 1. The molecule has 82 valence electrons. The SMILES string of the molecule is N=C(N)S/C=C\C(=O)O.O=S(=O)(O)O. The molecular weight excluding hydrogens is 236 g/mol. The van der Waals surface area contributed by atoms with Crippen molar-refractivity contribution in [3.63, 3.8) is 0 Å². The summed E-state index contributed by atoms with van der Waals surface area (Å²) in [5.74, 6) is -1.04. The summed E-state index contributed by atoms with van der Waals surface area (Å²) in [5.41, 5.74) is 4.88. The maximum absolute atomic E-state index is 9.77. The molecule has 0 heterocycles. The van der Waals surface area contributed by atoms with Crippen molar-refractivity contribution in [2.45, 2.75) is 0 Å².